The number of nitrogens with two attached hydrogens (primary N) is 1. The van der Waals surface area contributed by atoms with Gasteiger partial charge in [-0.1, -0.05) is 15.9 Å². The van der Waals surface area contributed by atoms with Gasteiger partial charge in [0, 0.05) is 28.1 Å². The molecule has 1 atom stereocenters. The Morgan fingerprint density at radius 2 is 2.18 bits per heavy atom. The van der Waals surface area contributed by atoms with Crippen LogP contribution in [0.2, 0.25) is 0 Å². The Hall–Kier alpha value is -0.390. The first-order valence-corrected chi connectivity index (χ1v) is 7.16. The van der Waals surface area contributed by atoms with Gasteiger partial charge in [-0.2, -0.15) is 0 Å². The highest BCUT2D eigenvalue weighted by Crippen LogP contribution is 2.24. The number of hydrogen-bond acceptors (Lipinski definition) is 2. The van der Waals surface area contributed by atoms with Crippen LogP contribution in [0.15, 0.2) is 27.1 Å². The second-order valence-electron chi connectivity index (χ2n) is 4.28. The fourth-order valence-corrected chi connectivity index (χ4v) is 3.24. The first kappa shape index (κ1) is 13.1. The van der Waals surface area contributed by atoms with E-state index >= 15 is 0 Å². The highest BCUT2D eigenvalue weighted by Gasteiger charge is 2.23. The number of halogens is 2. The van der Waals surface area contributed by atoms with E-state index in [0.29, 0.717) is 12.1 Å². The highest BCUT2D eigenvalue weighted by atomic mass is 79.9. The van der Waals surface area contributed by atoms with Crippen LogP contribution >= 0.6 is 31.9 Å². The zero-order valence-electron chi connectivity index (χ0n) is 9.33. The lowest BCUT2D eigenvalue weighted by atomic mass is 10.1. The number of likely N-dealkylation sites (tertiary alicyclic amines) is 1. The van der Waals surface area contributed by atoms with Crippen molar-refractivity contribution >= 4 is 37.8 Å². The number of carbonyl (C=O) groups is 1. The molecule has 1 aromatic carbocycles. The van der Waals surface area contributed by atoms with E-state index < -0.39 is 0 Å². The molecule has 0 aliphatic carbocycles. The van der Waals surface area contributed by atoms with E-state index in [1.54, 1.807) is 0 Å². The Balaban J connectivity index is 2.18. The second kappa shape index (κ2) is 5.50. The van der Waals surface area contributed by atoms with Crippen molar-refractivity contribution in [3.63, 3.8) is 0 Å². The Morgan fingerprint density at radius 3 is 2.82 bits per heavy atom. The molecule has 2 N–H and O–H groups in total. The average molecular weight is 362 g/mol. The molecule has 0 aromatic heterocycles. The summed E-state index contributed by atoms with van der Waals surface area (Å²) >= 11 is 6.80. The lowest BCUT2D eigenvalue weighted by Gasteiger charge is -2.31. The summed E-state index contributed by atoms with van der Waals surface area (Å²) in [6.07, 6.45) is 1.99. The Morgan fingerprint density at radius 1 is 1.41 bits per heavy atom. The lowest BCUT2D eigenvalue weighted by molar-refractivity contribution is 0.0708. The Kier molecular flexibility index (Phi) is 4.22. The third kappa shape index (κ3) is 3.09. The highest BCUT2D eigenvalue weighted by molar-refractivity contribution is 9.11. The normalized spacial score (nSPS) is 20.4. The number of rotatable bonds is 1. The maximum atomic E-state index is 12.3. The van der Waals surface area contributed by atoms with Crippen LogP contribution < -0.4 is 5.73 Å². The smallest absolute Gasteiger partial charge is 0.255 e. The van der Waals surface area contributed by atoms with Crippen LogP contribution in [0.5, 0.6) is 0 Å². The molecule has 0 saturated carbocycles. The Labute approximate surface area is 118 Å². The molecular formula is C12H14Br2N2O. The number of amides is 1. The van der Waals surface area contributed by atoms with Gasteiger partial charge in [0.2, 0.25) is 0 Å². The van der Waals surface area contributed by atoms with Crippen molar-refractivity contribution in [1.82, 2.24) is 4.90 Å². The largest absolute Gasteiger partial charge is 0.337 e. The van der Waals surface area contributed by atoms with Gasteiger partial charge in [-0.05, 0) is 47.0 Å². The van der Waals surface area contributed by atoms with Crippen molar-refractivity contribution in [2.45, 2.75) is 18.9 Å². The number of benzene rings is 1. The van der Waals surface area contributed by atoms with Crippen LogP contribution in [0, 0.1) is 0 Å². The van der Waals surface area contributed by atoms with E-state index in [-0.39, 0.29) is 11.9 Å². The van der Waals surface area contributed by atoms with Crippen molar-refractivity contribution in [2.75, 3.05) is 13.1 Å². The second-order valence-corrected chi connectivity index (χ2v) is 6.05. The minimum Gasteiger partial charge on any atom is -0.337 e. The van der Waals surface area contributed by atoms with Gasteiger partial charge in [0.1, 0.15) is 0 Å². The molecule has 92 valence electrons. The third-order valence-corrected chi connectivity index (χ3v) is 4.06. The van der Waals surface area contributed by atoms with E-state index in [2.05, 4.69) is 31.9 Å². The molecule has 5 heteroatoms. The van der Waals surface area contributed by atoms with Crippen LogP contribution in [0.25, 0.3) is 0 Å². The molecule has 2 rings (SSSR count). The molecule has 0 bridgehead atoms. The fourth-order valence-electron chi connectivity index (χ4n) is 2.03. The topological polar surface area (TPSA) is 46.3 Å². The van der Waals surface area contributed by atoms with Gasteiger partial charge >= 0.3 is 0 Å². The maximum absolute atomic E-state index is 12.3. The van der Waals surface area contributed by atoms with Crippen LogP contribution in [-0.2, 0) is 0 Å². The summed E-state index contributed by atoms with van der Waals surface area (Å²) in [4.78, 5) is 14.1. The molecule has 0 spiro atoms. The molecule has 1 fully saturated rings. The quantitative estimate of drug-likeness (QED) is 0.835. The molecule has 0 radical (unpaired) electrons. The van der Waals surface area contributed by atoms with Crippen LogP contribution in [0.3, 0.4) is 0 Å². The van der Waals surface area contributed by atoms with Gasteiger partial charge in [0.05, 0.1) is 5.56 Å². The molecule has 1 aliphatic rings. The number of hydrogen-bond donors (Lipinski definition) is 1. The summed E-state index contributed by atoms with van der Waals surface area (Å²) in [5.74, 6) is 0.0551. The van der Waals surface area contributed by atoms with E-state index in [1.165, 1.54) is 0 Å². The predicted molar refractivity (Wildman–Crippen MR) is 75.0 cm³/mol. The third-order valence-electron chi connectivity index (χ3n) is 2.91. The van der Waals surface area contributed by atoms with Crippen LogP contribution in [0.1, 0.15) is 23.2 Å². The van der Waals surface area contributed by atoms with Crippen molar-refractivity contribution < 1.29 is 4.79 Å². The van der Waals surface area contributed by atoms with Crippen LogP contribution in [-0.4, -0.2) is 29.9 Å². The van der Waals surface area contributed by atoms with Crippen molar-refractivity contribution in [2.24, 2.45) is 5.73 Å². The standard InChI is InChI=1S/C12H14Br2N2O/c13-8-3-4-10(11(14)6-8)12(17)16-5-1-2-9(15)7-16/h3-4,6,9H,1-2,5,7,15H2/t9-/m1/s1. The summed E-state index contributed by atoms with van der Waals surface area (Å²) in [7, 11) is 0. The minimum atomic E-state index is 0.0551. The number of carbonyl (C=O) groups excluding carboxylic acids is 1. The van der Waals surface area contributed by atoms with E-state index in [4.69, 9.17) is 5.73 Å². The van der Waals surface area contributed by atoms with Gasteiger partial charge in [-0.15, -0.1) is 0 Å². The summed E-state index contributed by atoms with van der Waals surface area (Å²) < 4.78 is 1.77. The predicted octanol–water partition coefficient (Wildman–Crippen LogP) is 2.77. The fraction of sp³-hybridized carbons (Fsp3) is 0.417. The molecule has 3 nitrogen and oxygen atoms in total. The lowest BCUT2D eigenvalue weighted by Crippen LogP contribution is -2.45. The molecular weight excluding hydrogens is 348 g/mol. The summed E-state index contributed by atoms with van der Waals surface area (Å²) in [6, 6.07) is 5.71. The first-order valence-electron chi connectivity index (χ1n) is 5.58. The SMILES string of the molecule is N[C@@H]1CCCN(C(=O)c2ccc(Br)cc2Br)C1. The molecule has 17 heavy (non-hydrogen) atoms. The minimum absolute atomic E-state index is 0.0551. The number of nitrogens with zero attached hydrogens (tertiary/aromatic N) is 1. The summed E-state index contributed by atoms with van der Waals surface area (Å²) in [5.41, 5.74) is 6.59. The Bertz CT molecular complexity index is 437. The molecule has 0 unspecified atom stereocenters. The van der Waals surface area contributed by atoms with Crippen molar-refractivity contribution in [3.05, 3.63) is 32.7 Å². The van der Waals surface area contributed by atoms with Crippen molar-refractivity contribution in [1.29, 1.82) is 0 Å². The monoisotopic (exact) mass is 360 g/mol. The first-order chi connectivity index (χ1) is 8.08. The maximum Gasteiger partial charge on any atom is 0.255 e. The molecule has 1 aromatic rings. The van der Waals surface area contributed by atoms with Gasteiger partial charge in [0.25, 0.3) is 5.91 Å². The van der Waals surface area contributed by atoms with Gasteiger partial charge < -0.3 is 10.6 Å². The summed E-state index contributed by atoms with van der Waals surface area (Å²) in [5, 5.41) is 0. The molecule has 1 saturated heterocycles. The van der Waals surface area contributed by atoms with Gasteiger partial charge in [0.15, 0.2) is 0 Å². The number of piperidine rings is 1. The van der Waals surface area contributed by atoms with E-state index in [1.807, 2.05) is 23.1 Å². The van der Waals surface area contributed by atoms with E-state index in [9.17, 15) is 4.79 Å². The molecule has 1 aliphatic heterocycles. The van der Waals surface area contributed by atoms with Gasteiger partial charge in [-0.25, -0.2) is 0 Å². The molecule has 1 heterocycles. The van der Waals surface area contributed by atoms with E-state index in [0.717, 1.165) is 28.3 Å². The van der Waals surface area contributed by atoms with Gasteiger partial charge in [-0.3, -0.25) is 4.79 Å². The zero-order valence-corrected chi connectivity index (χ0v) is 12.5. The van der Waals surface area contributed by atoms with Crippen LogP contribution in [0.4, 0.5) is 0 Å². The zero-order chi connectivity index (χ0) is 12.4. The molecule has 1 amide bonds. The van der Waals surface area contributed by atoms with Crippen molar-refractivity contribution in [3.8, 4) is 0 Å². The average Bonchev–Trinajstić information content (AvgIpc) is 2.28. The summed E-state index contributed by atoms with van der Waals surface area (Å²) in [6.45, 7) is 1.45.